The van der Waals surface area contributed by atoms with E-state index < -0.39 is 0 Å². The van der Waals surface area contributed by atoms with Crippen LogP contribution in [0.4, 0.5) is 0 Å². The highest BCUT2D eigenvalue weighted by Gasteiger charge is 2.23. The Kier molecular flexibility index (Phi) is 6.52. The number of hydrogen-bond acceptors (Lipinski definition) is 0. The molecule has 0 saturated heterocycles. The highest BCUT2D eigenvalue weighted by atomic mass is 79.9. The first-order valence-electron chi connectivity index (χ1n) is 17.2. The molecule has 0 aliphatic carbocycles. The number of halogens is 1. The summed E-state index contributed by atoms with van der Waals surface area (Å²) in [5, 5.41) is 10.2. The van der Waals surface area contributed by atoms with Crippen molar-refractivity contribution in [3.05, 3.63) is 143 Å². The van der Waals surface area contributed by atoms with Gasteiger partial charge in [0.1, 0.15) is 0 Å². The van der Waals surface area contributed by atoms with E-state index in [1.54, 1.807) is 0 Å². The fourth-order valence-corrected chi connectivity index (χ4v) is 8.42. The highest BCUT2D eigenvalue weighted by Crippen LogP contribution is 2.43. The van der Waals surface area contributed by atoms with Gasteiger partial charge in [0, 0.05) is 21.5 Å². The first-order valence-corrected chi connectivity index (χ1v) is 18.0. The summed E-state index contributed by atoms with van der Waals surface area (Å²) in [4.78, 5) is 0. The van der Waals surface area contributed by atoms with Crippen molar-refractivity contribution in [1.82, 2.24) is 9.13 Å². The van der Waals surface area contributed by atoms with Gasteiger partial charge in [-0.05, 0) is 114 Å². The number of fused-ring (bicyclic) bond motifs is 9. The lowest BCUT2D eigenvalue weighted by Crippen LogP contribution is -2.10. The lowest BCUT2D eigenvalue weighted by molar-refractivity contribution is 0.591. The average molecular weight is 700 g/mol. The Morgan fingerprint density at radius 1 is 0.408 bits per heavy atom. The number of hydrogen-bond donors (Lipinski definition) is 0. The van der Waals surface area contributed by atoms with Crippen LogP contribution < -0.4 is 0 Å². The molecule has 9 aromatic rings. The van der Waals surface area contributed by atoms with Crippen LogP contribution in [0.3, 0.4) is 0 Å². The molecule has 2 heterocycles. The van der Waals surface area contributed by atoms with Crippen LogP contribution in [-0.2, 0) is 10.8 Å². The molecule has 0 radical (unpaired) electrons. The van der Waals surface area contributed by atoms with Crippen molar-refractivity contribution >= 4 is 81.1 Å². The van der Waals surface area contributed by atoms with Crippen molar-refractivity contribution in [2.45, 2.75) is 52.4 Å². The van der Waals surface area contributed by atoms with E-state index in [2.05, 4.69) is 194 Å². The molecule has 49 heavy (non-hydrogen) atoms. The van der Waals surface area contributed by atoms with Crippen molar-refractivity contribution < 1.29 is 0 Å². The topological polar surface area (TPSA) is 9.86 Å². The molecule has 0 amide bonds. The first kappa shape index (κ1) is 30.2. The molecule has 0 spiro atoms. The van der Waals surface area contributed by atoms with Gasteiger partial charge in [0.2, 0.25) is 0 Å². The van der Waals surface area contributed by atoms with E-state index in [9.17, 15) is 0 Å². The summed E-state index contributed by atoms with van der Waals surface area (Å²) in [6.07, 6.45) is 0. The van der Waals surface area contributed by atoms with Crippen LogP contribution in [0.15, 0.2) is 132 Å². The summed E-state index contributed by atoms with van der Waals surface area (Å²) in [5.41, 5.74) is 9.85. The number of nitrogens with zero attached hydrogens (tertiary/aromatic N) is 2. The minimum absolute atomic E-state index is 0.0429. The Balaban J connectivity index is 1.38. The molecule has 3 heteroatoms. The maximum atomic E-state index is 4.22. The van der Waals surface area contributed by atoms with Crippen molar-refractivity contribution in [2.24, 2.45) is 0 Å². The van der Waals surface area contributed by atoms with Gasteiger partial charge in [-0.25, -0.2) is 0 Å². The molecule has 0 bridgehead atoms. The third-order valence-electron chi connectivity index (χ3n) is 10.5. The Hall–Kier alpha value is -4.86. The maximum absolute atomic E-state index is 4.22. The molecular formula is C46H39BrN2. The van der Waals surface area contributed by atoms with Gasteiger partial charge in [-0.15, -0.1) is 0 Å². The predicted molar refractivity (Wildman–Crippen MR) is 215 cm³/mol. The average Bonchev–Trinajstić information content (AvgIpc) is 3.58. The van der Waals surface area contributed by atoms with Crippen molar-refractivity contribution in [1.29, 1.82) is 0 Å². The van der Waals surface area contributed by atoms with Crippen LogP contribution in [0.2, 0.25) is 0 Å². The van der Waals surface area contributed by atoms with E-state index in [1.165, 1.54) is 76.3 Å². The molecule has 7 aromatic carbocycles. The second-order valence-corrected chi connectivity index (χ2v) is 16.4. The lowest BCUT2D eigenvalue weighted by atomic mass is 9.86. The molecule has 0 aliphatic rings. The van der Waals surface area contributed by atoms with Gasteiger partial charge in [0.25, 0.3) is 0 Å². The van der Waals surface area contributed by atoms with Gasteiger partial charge in [0.15, 0.2) is 0 Å². The summed E-state index contributed by atoms with van der Waals surface area (Å²) >= 11 is 4.22. The molecule has 0 unspecified atom stereocenters. The van der Waals surface area contributed by atoms with E-state index in [0.29, 0.717) is 0 Å². The van der Waals surface area contributed by atoms with Gasteiger partial charge in [-0.3, -0.25) is 0 Å². The van der Waals surface area contributed by atoms with Gasteiger partial charge < -0.3 is 9.13 Å². The summed E-state index contributed by atoms with van der Waals surface area (Å²) in [6.45, 7) is 13.8. The summed E-state index contributed by atoms with van der Waals surface area (Å²) in [6, 6.07) is 47.6. The van der Waals surface area contributed by atoms with Crippen LogP contribution in [0.25, 0.3) is 76.5 Å². The Bertz CT molecular complexity index is 2770. The molecule has 2 nitrogen and oxygen atoms in total. The summed E-state index contributed by atoms with van der Waals surface area (Å²) in [5.74, 6) is 0. The standard InChI is InChI=1S/C46H39BrN2/c1-45(2,3)31-19-22-37-35(26-31)34-24-29-13-7-8-14-30(29)25-42(34)49(37)41-17-11-16-40(44(41)47)48-38-23-20-32(46(4,5)6)27-36(38)43-33-15-10-9-12-28(33)18-21-39(43)48/h7-27H,1-6H3. The van der Waals surface area contributed by atoms with E-state index in [4.69, 9.17) is 0 Å². The zero-order valence-corrected chi connectivity index (χ0v) is 30.5. The van der Waals surface area contributed by atoms with Crippen molar-refractivity contribution in [3.63, 3.8) is 0 Å². The number of rotatable bonds is 2. The summed E-state index contributed by atoms with van der Waals surface area (Å²) < 4.78 is 5.98. The highest BCUT2D eigenvalue weighted by molar-refractivity contribution is 9.10. The number of aromatic nitrogens is 2. The van der Waals surface area contributed by atoms with E-state index in [1.807, 2.05) is 0 Å². The second kappa shape index (κ2) is 10.6. The molecule has 0 fully saturated rings. The van der Waals surface area contributed by atoms with Crippen LogP contribution in [0.5, 0.6) is 0 Å². The minimum Gasteiger partial charge on any atom is -0.308 e. The van der Waals surface area contributed by atoms with Gasteiger partial charge in [-0.2, -0.15) is 0 Å². The largest absolute Gasteiger partial charge is 0.308 e. The van der Waals surface area contributed by atoms with E-state index in [0.717, 1.165) is 15.8 Å². The zero-order chi connectivity index (χ0) is 33.8. The molecular weight excluding hydrogens is 660 g/mol. The van der Waals surface area contributed by atoms with Crippen LogP contribution in [0.1, 0.15) is 52.7 Å². The van der Waals surface area contributed by atoms with Gasteiger partial charge >= 0.3 is 0 Å². The van der Waals surface area contributed by atoms with Gasteiger partial charge in [-0.1, -0.05) is 114 Å². The van der Waals surface area contributed by atoms with Crippen LogP contribution in [0, 0.1) is 0 Å². The quantitative estimate of drug-likeness (QED) is 0.170. The third kappa shape index (κ3) is 4.59. The third-order valence-corrected chi connectivity index (χ3v) is 11.3. The van der Waals surface area contributed by atoms with Crippen LogP contribution in [-0.4, -0.2) is 9.13 Å². The number of benzene rings is 7. The molecule has 2 aromatic heterocycles. The van der Waals surface area contributed by atoms with E-state index >= 15 is 0 Å². The minimum atomic E-state index is 0.0429. The van der Waals surface area contributed by atoms with E-state index in [-0.39, 0.29) is 10.8 Å². The van der Waals surface area contributed by atoms with Crippen LogP contribution >= 0.6 is 15.9 Å². The smallest absolute Gasteiger partial charge is 0.0656 e. The Morgan fingerprint density at radius 2 is 0.918 bits per heavy atom. The summed E-state index contributed by atoms with van der Waals surface area (Å²) in [7, 11) is 0. The molecule has 0 N–H and O–H groups in total. The monoisotopic (exact) mass is 698 g/mol. The fraction of sp³-hybridized carbons (Fsp3) is 0.174. The molecule has 0 saturated carbocycles. The zero-order valence-electron chi connectivity index (χ0n) is 28.9. The second-order valence-electron chi connectivity index (χ2n) is 15.6. The molecule has 9 rings (SSSR count). The Morgan fingerprint density at radius 3 is 1.57 bits per heavy atom. The molecule has 240 valence electrons. The SMILES string of the molecule is CC(C)(C)c1ccc2c(c1)c1cc3ccccc3cc1n2-c1cccc(-n2c3ccc(C(C)(C)C)cc3c3c4ccccc4ccc32)c1Br. The fourth-order valence-electron chi connectivity index (χ4n) is 7.80. The lowest BCUT2D eigenvalue weighted by Gasteiger charge is -2.20. The van der Waals surface area contributed by atoms with Crippen molar-refractivity contribution in [3.8, 4) is 11.4 Å². The molecule has 0 atom stereocenters. The maximum Gasteiger partial charge on any atom is 0.0656 e. The Labute approximate surface area is 295 Å². The first-order chi connectivity index (χ1) is 23.5. The van der Waals surface area contributed by atoms with Crippen molar-refractivity contribution in [2.75, 3.05) is 0 Å². The normalized spacial score (nSPS) is 12.8. The molecule has 0 aliphatic heterocycles. The predicted octanol–water partition coefficient (Wildman–Crippen LogP) is 13.5. The van der Waals surface area contributed by atoms with Gasteiger partial charge in [0.05, 0.1) is 37.9 Å².